The van der Waals surface area contributed by atoms with E-state index in [1.807, 2.05) is 54.6 Å². The predicted molar refractivity (Wildman–Crippen MR) is 156 cm³/mol. The van der Waals surface area contributed by atoms with Crippen LogP contribution in [0.25, 0.3) is 0 Å². The standard InChI is InChI=1S/C31H44N4O6/c1-30(2,3)40-28(38)33-19-23-14-10-13-22(17-23)18-24(32)26(36)25-27(37)34(20-21-11-8-7-9-12-21)15-16-35(25)29(39)41-31(4,5)6/h7-14,17,24-26,36H,15-16,18-20,32H2,1-6H3,(H,33,38)/t24-,25-,26-/m0/s1. The summed E-state index contributed by atoms with van der Waals surface area (Å²) in [6.45, 7) is 11.7. The molecule has 3 rings (SSSR count). The summed E-state index contributed by atoms with van der Waals surface area (Å²) >= 11 is 0. The largest absolute Gasteiger partial charge is 0.444 e. The van der Waals surface area contributed by atoms with Crippen LogP contribution in [0.2, 0.25) is 0 Å². The zero-order chi connectivity index (χ0) is 30.4. The minimum atomic E-state index is -1.35. The third-order valence-corrected chi connectivity index (χ3v) is 6.42. The Hall–Kier alpha value is -3.63. The Bertz CT molecular complexity index is 1190. The van der Waals surface area contributed by atoms with Crippen LogP contribution < -0.4 is 11.1 Å². The van der Waals surface area contributed by atoms with Gasteiger partial charge in [-0.2, -0.15) is 0 Å². The van der Waals surface area contributed by atoms with E-state index in [4.69, 9.17) is 15.2 Å². The highest BCUT2D eigenvalue weighted by molar-refractivity contribution is 5.87. The van der Waals surface area contributed by atoms with E-state index in [0.717, 1.165) is 16.7 Å². The first-order chi connectivity index (χ1) is 19.1. The van der Waals surface area contributed by atoms with Gasteiger partial charge < -0.3 is 30.5 Å². The van der Waals surface area contributed by atoms with Gasteiger partial charge in [0, 0.05) is 32.2 Å². The number of nitrogens with one attached hydrogen (secondary N) is 1. The van der Waals surface area contributed by atoms with Gasteiger partial charge in [-0.15, -0.1) is 0 Å². The molecular formula is C31H44N4O6. The molecular weight excluding hydrogens is 524 g/mol. The van der Waals surface area contributed by atoms with Crippen molar-refractivity contribution in [3.8, 4) is 0 Å². The fourth-order valence-electron chi connectivity index (χ4n) is 4.60. The summed E-state index contributed by atoms with van der Waals surface area (Å²) in [7, 11) is 0. The number of hydrogen-bond acceptors (Lipinski definition) is 7. The van der Waals surface area contributed by atoms with Crippen LogP contribution in [-0.2, 0) is 33.8 Å². The molecule has 2 aromatic carbocycles. The average Bonchev–Trinajstić information content (AvgIpc) is 2.87. The van der Waals surface area contributed by atoms with Crippen LogP contribution in [0.4, 0.5) is 9.59 Å². The molecule has 1 heterocycles. The third kappa shape index (κ3) is 9.75. The second-order valence-electron chi connectivity index (χ2n) is 12.4. The number of nitrogens with two attached hydrogens (primary N) is 1. The predicted octanol–water partition coefficient (Wildman–Crippen LogP) is 3.59. The lowest BCUT2D eigenvalue weighted by Gasteiger charge is -2.43. The summed E-state index contributed by atoms with van der Waals surface area (Å²) in [4.78, 5) is 41.8. The summed E-state index contributed by atoms with van der Waals surface area (Å²) in [6.07, 6.45) is -2.30. The van der Waals surface area contributed by atoms with Crippen LogP contribution in [-0.4, -0.2) is 75.5 Å². The first kappa shape index (κ1) is 31.9. The highest BCUT2D eigenvalue weighted by atomic mass is 16.6. The highest BCUT2D eigenvalue weighted by Crippen LogP contribution is 2.23. The number of ether oxygens (including phenoxy) is 2. The van der Waals surface area contributed by atoms with Crippen molar-refractivity contribution in [2.45, 2.75) is 90.4 Å². The minimum Gasteiger partial charge on any atom is -0.444 e. The highest BCUT2D eigenvalue weighted by Gasteiger charge is 2.45. The Balaban J connectivity index is 1.75. The van der Waals surface area contributed by atoms with E-state index in [9.17, 15) is 19.5 Å². The number of benzene rings is 2. The van der Waals surface area contributed by atoms with Crippen LogP contribution in [0.5, 0.6) is 0 Å². The van der Waals surface area contributed by atoms with Gasteiger partial charge in [0.05, 0.1) is 6.10 Å². The Morgan fingerprint density at radius 3 is 2.20 bits per heavy atom. The van der Waals surface area contributed by atoms with E-state index in [1.54, 1.807) is 46.4 Å². The van der Waals surface area contributed by atoms with E-state index in [1.165, 1.54) is 4.90 Å². The molecule has 1 saturated heterocycles. The topological polar surface area (TPSA) is 134 Å². The molecule has 4 N–H and O–H groups in total. The fourth-order valence-corrected chi connectivity index (χ4v) is 4.60. The van der Waals surface area contributed by atoms with Gasteiger partial charge in [0.2, 0.25) is 5.91 Å². The number of aliphatic hydroxyl groups excluding tert-OH is 1. The lowest BCUT2D eigenvalue weighted by molar-refractivity contribution is -0.148. The number of amides is 3. The lowest BCUT2D eigenvalue weighted by atomic mass is 9.93. The molecule has 1 aliphatic heterocycles. The zero-order valence-electron chi connectivity index (χ0n) is 24.9. The SMILES string of the molecule is CC(C)(C)OC(=O)NCc1cccc(C[C@H](N)[C@H](O)[C@H]2C(=O)N(Cc3ccccc3)CCN2C(=O)OC(C)(C)C)c1. The second-order valence-corrected chi connectivity index (χ2v) is 12.4. The number of carbonyl (C=O) groups is 3. The molecule has 3 atom stereocenters. The quantitative estimate of drug-likeness (QED) is 0.443. The van der Waals surface area contributed by atoms with Gasteiger partial charge in [0.15, 0.2) is 0 Å². The van der Waals surface area contributed by atoms with Crippen molar-refractivity contribution in [1.82, 2.24) is 15.1 Å². The minimum absolute atomic E-state index is 0.202. The van der Waals surface area contributed by atoms with Gasteiger partial charge in [-0.25, -0.2) is 9.59 Å². The summed E-state index contributed by atoms with van der Waals surface area (Å²) in [5.41, 5.74) is 7.69. The van der Waals surface area contributed by atoms with E-state index in [2.05, 4.69) is 5.32 Å². The van der Waals surface area contributed by atoms with Crippen molar-refractivity contribution in [2.75, 3.05) is 13.1 Å². The maximum absolute atomic E-state index is 13.7. The van der Waals surface area contributed by atoms with Gasteiger partial charge in [0.1, 0.15) is 17.2 Å². The zero-order valence-corrected chi connectivity index (χ0v) is 24.9. The molecule has 10 heteroatoms. The molecule has 0 aromatic heterocycles. The van der Waals surface area contributed by atoms with Crippen molar-refractivity contribution >= 4 is 18.1 Å². The smallest absolute Gasteiger partial charge is 0.411 e. The number of aliphatic hydroxyl groups is 1. The van der Waals surface area contributed by atoms with E-state index < -0.39 is 41.6 Å². The molecule has 0 saturated carbocycles. The summed E-state index contributed by atoms with van der Waals surface area (Å²) in [6, 6.07) is 14.9. The van der Waals surface area contributed by atoms with E-state index >= 15 is 0 Å². The summed E-state index contributed by atoms with van der Waals surface area (Å²) in [5, 5.41) is 14.2. The number of rotatable bonds is 8. The van der Waals surface area contributed by atoms with Crippen LogP contribution >= 0.6 is 0 Å². The van der Waals surface area contributed by atoms with Gasteiger partial charge >= 0.3 is 12.2 Å². The fraction of sp³-hybridized carbons (Fsp3) is 0.516. The van der Waals surface area contributed by atoms with Gasteiger partial charge in [-0.1, -0.05) is 54.6 Å². The Morgan fingerprint density at radius 2 is 1.56 bits per heavy atom. The Kier molecular flexibility index (Phi) is 10.4. The van der Waals surface area contributed by atoms with Crippen molar-refractivity contribution in [2.24, 2.45) is 5.73 Å². The number of piperazine rings is 1. The average molecular weight is 569 g/mol. The lowest BCUT2D eigenvalue weighted by Crippen LogP contribution is -2.65. The van der Waals surface area contributed by atoms with Gasteiger partial charge in [-0.05, 0) is 64.7 Å². The van der Waals surface area contributed by atoms with Crippen LogP contribution in [0.15, 0.2) is 54.6 Å². The van der Waals surface area contributed by atoms with E-state index in [0.29, 0.717) is 13.1 Å². The molecule has 224 valence electrons. The molecule has 41 heavy (non-hydrogen) atoms. The Labute approximate surface area is 242 Å². The van der Waals surface area contributed by atoms with Crippen LogP contribution in [0, 0.1) is 0 Å². The molecule has 0 bridgehead atoms. The maximum Gasteiger partial charge on any atom is 0.411 e. The van der Waals surface area contributed by atoms with Crippen LogP contribution in [0.1, 0.15) is 58.2 Å². The third-order valence-electron chi connectivity index (χ3n) is 6.42. The first-order valence-corrected chi connectivity index (χ1v) is 13.9. The Morgan fingerprint density at radius 1 is 0.951 bits per heavy atom. The molecule has 10 nitrogen and oxygen atoms in total. The number of alkyl carbamates (subject to hydrolysis) is 1. The number of nitrogens with zero attached hydrogens (tertiary/aromatic N) is 2. The van der Waals surface area contributed by atoms with Crippen molar-refractivity contribution in [3.63, 3.8) is 0 Å². The monoisotopic (exact) mass is 568 g/mol. The van der Waals surface area contributed by atoms with Crippen molar-refractivity contribution < 1.29 is 29.0 Å². The van der Waals surface area contributed by atoms with Crippen LogP contribution in [0.3, 0.4) is 0 Å². The summed E-state index contributed by atoms with van der Waals surface area (Å²) in [5.74, 6) is -0.385. The van der Waals surface area contributed by atoms with Crippen molar-refractivity contribution in [1.29, 1.82) is 0 Å². The molecule has 0 unspecified atom stereocenters. The molecule has 0 spiro atoms. The van der Waals surface area contributed by atoms with Crippen molar-refractivity contribution in [3.05, 3.63) is 71.3 Å². The molecule has 1 aliphatic rings. The van der Waals surface area contributed by atoms with Gasteiger partial charge in [0.25, 0.3) is 0 Å². The molecule has 3 amide bonds. The second kappa shape index (κ2) is 13.4. The normalized spacial score (nSPS) is 17.6. The van der Waals surface area contributed by atoms with Gasteiger partial charge in [-0.3, -0.25) is 9.69 Å². The molecule has 2 aromatic rings. The van der Waals surface area contributed by atoms with E-state index in [-0.39, 0.29) is 25.4 Å². The number of carbonyl (C=O) groups excluding carboxylic acids is 3. The number of hydrogen-bond donors (Lipinski definition) is 3. The summed E-state index contributed by atoms with van der Waals surface area (Å²) < 4.78 is 10.9. The first-order valence-electron chi connectivity index (χ1n) is 13.9. The molecule has 0 radical (unpaired) electrons. The maximum atomic E-state index is 13.7. The molecule has 1 fully saturated rings. The molecule has 0 aliphatic carbocycles.